The van der Waals surface area contributed by atoms with Crippen LogP contribution in [-0.2, 0) is 4.74 Å². The van der Waals surface area contributed by atoms with Crippen molar-refractivity contribution in [3.63, 3.8) is 0 Å². The van der Waals surface area contributed by atoms with Crippen molar-refractivity contribution >= 4 is 0 Å². The van der Waals surface area contributed by atoms with Gasteiger partial charge in [-0.3, -0.25) is 4.90 Å². The Balaban J connectivity index is 1.72. The van der Waals surface area contributed by atoms with Crippen molar-refractivity contribution in [2.45, 2.75) is 70.1 Å². The lowest BCUT2D eigenvalue weighted by Crippen LogP contribution is -2.69. The van der Waals surface area contributed by atoms with E-state index < -0.39 is 0 Å². The highest BCUT2D eigenvalue weighted by Crippen LogP contribution is 2.45. The first-order chi connectivity index (χ1) is 9.06. The second-order valence-corrected chi connectivity index (χ2v) is 7.41. The van der Waals surface area contributed by atoms with E-state index in [-0.39, 0.29) is 5.54 Å². The van der Waals surface area contributed by atoms with Crippen molar-refractivity contribution in [1.29, 1.82) is 0 Å². The first kappa shape index (κ1) is 13.8. The maximum atomic E-state index is 5.89. The van der Waals surface area contributed by atoms with Gasteiger partial charge in [0, 0.05) is 37.3 Å². The lowest BCUT2D eigenvalue weighted by molar-refractivity contribution is -0.0297. The molecule has 1 saturated carbocycles. The lowest BCUT2D eigenvalue weighted by atomic mass is 9.84. The molecule has 0 aromatic carbocycles. The summed E-state index contributed by atoms with van der Waals surface area (Å²) in [5.74, 6) is 0.905. The van der Waals surface area contributed by atoms with Crippen molar-refractivity contribution in [3.8, 4) is 0 Å². The number of hydrogen-bond donors (Lipinski definition) is 1. The zero-order chi connectivity index (χ0) is 13.5. The molecule has 0 bridgehead atoms. The molecule has 3 heteroatoms. The Morgan fingerprint density at radius 1 is 1.26 bits per heavy atom. The van der Waals surface area contributed by atoms with Crippen LogP contribution in [0.25, 0.3) is 0 Å². The number of rotatable bonds is 4. The molecule has 0 amide bonds. The monoisotopic (exact) mass is 266 g/mol. The second kappa shape index (κ2) is 5.01. The van der Waals surface area contributed by atoms with Crippen LogP contribution in [0.5, 0.6) is 0 Å². The van der Waals surface area contributed by atoms with Gasteiger partial charge in [-0.15, -0.1) is 0 Å². The summed E-state index contributed by atoms with van der Waals surface area (Å²) in [4.78, 5) is 2.76. The molecule has 3 fully saturated rings. The van der Waals surface area contributed by atoms with E-state index in [1.54, 1.807) is 0 Å². The lowest BCUT2D eigenvalue weighted by Gasteiger charge is -2.53. The molecule has 3 unspecified atom stereocenters. The average molecular weight is 266 g/mol. The SMILES string of the molecule is CCC1(C)CN(CC2CCCO2)C(C)(C2CC2)CN1. The third kappa shape index (κ3) is 2.70. The Morgan fingerprint density at radius 2 is 2.05 bits per heavy atom. The first-order valence-corrected chi connectivity index (χ1v) is 8.17. The summed E-state index contributed by atoms with van der Waals surface area (Å²) < 4.78 is 5.89. The highest BCUT2D eigenvalue weighted by molar-refractivity contribution is 5.08. The second-order valence-electron chi connectivity index (χ2n) is 7.41. The minimum Gasteiger partial charge on any atom is -0.377 e. The van der Waals surface area contributed by atoms with Crippen molar-refractivity contribution in [2.24, 2.45) is 5.92 Å². The Hall–Kier alpha value is -0.120. The Morgan fingerprint density at radius 3 is 2.63 bits per heavy atom. The smallest absolute Gasteiger partial charge is 0.0703 e. The third-order valence-corrected chi connectivity index (χ3v) is 5.82. The van der Waals surface area contributed by atoms with Crippen LogP contribution in [-0.4, -0.2) is 48.3 Å². The minimum absolute atomic E-state index is 0.285. The molecule has 3 atom stereocenters. The van der Waals surface area contributed by atoms with Gasteiger partial charge in [0.2, 0.25) is 0 Å². The largest absolute Gasteiger partial charge is 0.377 e. The van der Waals surface area contributed by atoms with E-state index in [0.29, 0.717) is 11.6 Å². The van der Waals surface area contributed by atoms with Crippen molar-refractivity contribution in [1.82, 2.24) is 10.2 Å². The summed E-state index contributed by atoms with van der Waals surface area (Å²) in [6.07, 6.45) is 7.04. The number of ether oxygens (including phenoxy) is 1. The molecular formula is C16H30N2O. The van der Waals surface area contributed by atoms with Crippen LogP contribution in [0.15, 0.2) is 0 Å². The van der Waals surface area contributed by atoms with Crippen LogP contribution in [0, 0.1) is 5.92 Å². The van der Waals surface area contributed by atoms with Gasteiger partial charge in [-0.25, -0.2) is 0 Å². The van der Waals surface area contributed by atoms with Crippen LogP contribution in [0.4, 0.5) is 0 Å². The van der Waals surface area contributed by atoms with E-state index in [4.69, 9.17) is 4.74 Å². The van der Waals surface area contributed by atoms with Crippen LogP contribution in [0.3, 0.4) is 0 Å². The molecule has 0 radical (unpaired) electrons. The molecule has 0 spiro atoms. The van der Waals surface area contributed by atoms with Gasteiger partial charge in [0.05, 0.1) is 6.10 Å². The molecule has 3 aliphatic rings. The van der Waals surface area contributed by atoms with E-state index in [0.717, 1.165) is 25.6 Å². The van der Waals surface area contributed by atoms with Crippen LogP contribution < -0.4 is 5.32 Å². The minimum atomic E-state index is 0.285. The zero-order valence-corrected chi connectivity index (χ0v) is 12.9. The van der Waals surface area contributed by atoms with Crippen LogP contribution in [0.1, 0.15) is 52.9 Å². The summed E-state index contributed by atoms with van der Waals surface area (Å²) in [6.45, 7) is 11.6. The normalized spacial score (nSPS) is 44.7. The molecule has 2 saturated heterocycles. The fraction of sp³-hybridized carbons (Fsp3) is 1.00. The van der Waals surface area contributed by atoms with E-state index in [1.807, 2.05) is 0 Å². The van der Waals surface area contributed by atoms with Gasteiger partial charge in [-0.2, -0.15) is 0 Å². The van der Waals surface area contributed by atoms with Gasteiger partial charge in [-0.05, 0) is 51.9 Å². The maximum Gasteiger partial charge on any atom is 0.0703 e. The number of nitrogens with one attached hydrogen (secondary N) is 1. The Kier molecular flexibility index (Phi) is 3.65. The third-order valence-electron chi connectivity index (χ3n) is 5.82. The van der Waals surface area contributed by atoms with Crippen LogP contribution >= 0.6 is 0 Å². The highest BCUT2D eigenvalue weighted by Gasteiger charge is 2.50. The fourth-order valence-corrected chi connectivity index (χ4v) is 3.81. The van der Waals surface area contributed by atoms with E-state index in [2.05, 4.69) is 31.0 Å². The zero-order valence-electron chi connectivity index (χ0n) is 12.9. The quantitative estimate of drug-likeness (QED) is 0.845. The van der Waals surface area contributed by atoms with Gasteiger partial charge in [0.15, 0.2) is 0 Å². The maximum absolute atomic E-state index is 5.89. The first-order valence-electron chi connectivity index (χ1n) is 8.17. The fourth-order valence-electron chi connectivity index (χ4n) is 3.81. The van der Waals surface area contributed by atoms with Gasteiger partial charge in [0.25, 0.3) is 0 Å². The summed E-state index contributed by atoms with van der Waals surface area (Å²) in [7, 11) is 0. The van der Waals surface area contributed by atoms with E-state index in [1.165, 1.54) is 38.6 Å². The van der Waals surface area contributed by atoms with Gasteiger partial charge < -0.3 is 10.1 Å². The molecule has 2 aliphatic heterocycles. The average Bonchev–Trinajstić information content (AvgIpc) is 3.14. The molecule has 3 rings (SSSR count). The summed E-state index contributed by atoms with van der Waals surface area (Å²) in [6, 6.07) is 0. The van der Waals surface area contributed by atoms with Gasteiger partial charge >= 0.3 is 0 Å². The molecule has 2 heterocycles. The van der Waals surface area contributed by atoms with Gasteiger partial charge in [0.1, 0.15) is 0 Å². The summed E-state index contributed by atoms with van der Waals surface area (Å²) in [5, 5.41) is 3.83. The molecule has 0 aromatic heterocycles. The molecule has 110 valence electrons. The van der Waals surface area contributed by atoms with E-state index in [9.17, 15) is 0 Å². The standard InChI is InChI=1S/C16H30N2O/c1-4-15(2)12-18(10-14-6-5-9-19-14)16(3,11-17-15)13-7-8-13/h13-14,17H,4-12H2,1-3H3. The molecule has 3 nitrogen and oxygen atoms in total. The number of piperazine rings is 1. The molecule has 0 aromatic rings. The molecular weight excluding hydrogens is 236 g/mol. The summed E-state index contributed by atoms with van der Waals surface area (Å²) in [5.41, 5.74) is 0.646. The van der Waals surface area contributed by atoms with Crippen LogP contribution in [0.2, 0.25) is 0 Å². The molecule has 1 N–H and O–H groups in total. The topological polar surface area (TPSA) is 24.5 Å². The number of nitrogens with zero attached hydrogens (tertiary/aromatic N) is 1. The Labute approximate surface area is 118 Å². The summed E-state index contributed by atoms with van der Waals surface area (Å²) >= 11 is 0. The predicted molar refractivity (Wildman–Crippen MR) is 78.4 cm³/mol. The van der Waals surface area contributed by atoms with Crippen molar-refractivity contribution in [3.05, 3.63) is 0 Å². The predicted octanol–water partition coefficient (Wildman–Crippen LogP) is 2.41. The Bertz CT molecular complexity index is 325. The van der Waals surface area contributed by atoms with E-state index >= 15 is 0 Å². The van der Waals surface area contributed by atoms with Crippen molar-refractivity contribution in [2.75, 3.05) is 26.2 Å². The van der Waals surface area contributed by atoms with Crippen molar-refractivity contribution < 1.29 is 4.74 Å². The highest BCUT2D eigenvalue weighted by atomic mass is 16.5. The van der Waals surface area contributed by atoms with Gasteiger partial charge in [-0.1, -0.05) is 6.92 Å². The molecule has 19 heavy (non-hydrogen) atoms. The molecule has 1 aliphatic carbocycles. The number of hydrogen-bond acceptors (Lipinski definition) is 3.